The molecule has 0 radical (unpaired) electrons. The van der Waals surface area contributed by atoms with Crippen molar-refractivity contribution in [1.29, 1.82) is 0 Å². The predicted octanol–water partition coefficient (Wildman–Crippen LogP) is 1.07. The topological polar surface area (TPSA) is 41.9 Å². The fourth-order valence-corrected chi connectivity index (χ4v) is 1.69. The summed E-state index contributed by atoms with van der Waals surface area (Å²) in [6.45, 7) is 1.37. The van der Waals surface area contributed by atoms with Crippen molar-refractivity contribution in [2.75, 3.05) is 13.7 Å². The maximum absolute atomic E-state index is 11.2. The SMILES string of the molecule is COC(=O)C1CN(Cc2ccccc2)C=N1. The minimum Gasteiger partial charge on any atom is -0.467 e. The van der Waals surface area contributed by atoms with Crippen molar-refractivity contribution in [3.63, 3.8) is 0 Å². The quantitative estimate of drug-likeness (QED) is 0.713. The zero-order chi connectivity index (χ0) is 11.4. The molecule has 1 aromatic rings. The number of esters is 1. The minimum atomic E-state index is -0.367. The van der Waals surface area contributed by atoms with Crippen molar-refractivity contribution >= 4 is 12.3 Å². The number of hydrogen-bond donors (Lipinski definition) is 0. The van der Waals surface area contributed by atoms with Gasteiger partial charge in [0.05, 0.1) is 20.0 Å². The second-order valence-corrected chi connectivity index (χ2v) is 3.72. The molecule has 16 heavy (non-hydrogen) atoms. The monoisotopic (exact) mass is 218 g/mol. The summed E-state index contributed by atoms with van der Waals surface area (Å²) in [7, 11) is 1.39. The van der Waals surface area contributed by atoms with Crippen LogP contribution < -0.4 is 0 Å². The Hall–Kier alpha value is -1.84. The van der Waals surface area contributed by atoms with Crippen LogP contribution in [-0.2, 0) is 16.1 Å². The second-order valence-electron chi connectivity index (χ2n) is 3.72. The van der Waals surface area contributed by atoms with Gasteiger partial charge in [-0.15, -0.1) is 0 Å². The third-order valence-corrected chi connectivity index (χ3v) is 2.52. The van der Waals surface area contributed by atoms with Crippen LogP contribution in [0, 0.1) is 0 Å². The molecule has 84 valence electrons. The average Bonchev–Trinajstić information content (AvgIpc) is 2.78. The van der Waals surface area contributed by atoms with Crippen molar-refractivity contribution in [3.8, 4) is 0 Å². The summed E-state index contributed by atoms with van der Waals surface area (Å²) >= 11 is 0. The molecule has 1 aliphatic heterocycles. The van der Waals surface area contributed by atoms with E-state index in [4.69, 9.17) is 0 Å². The Morgan fingerprint density at radius 3 is 2.94 bits per heavy atom. The molecule has 4 nitrogen and oxygen atoms in total. The van der Waals surface area contributed by atoms with Gasteiger partial charge in [0.1, 0.15) is 0 Å². The van der Waals surface area contributed by atoms with Crippen LogP contribution in [-0.4, -0.2) is 36.9 Å². The van der Waals surface area contributed by atoms with Gasteiger partial charge in [-0.1, -0.05) is 30.3 Å². The Kier molecular flexibility index (Phi) is 3.19. The zero-order valence-electron chi connectivity index (χ0n) is 9.17. The van der Waals surface area contributed by atoms with E-state index in [1.165, 1.54) is 12.7 Å². The van der Waals surface area contributed by atoms with E-state index in [2.05, 4.69) is 21.9 Å². The number of ether oxygens (including phenoxy) is 1. The maximum atomic E-state index is 11.2. The number of carbonyl (C=O) groups is 1. The van der Waals surface area contributed by atoms with Gasteiger partial charge < -0.3 is 9.64 Å². The first-order valence-corrected chi connectivity index (χ1v) is 5.18. The molecule has 1 unspecified atom stereocenters. The molecule has 0 fully saturated rings. The van der Waals surface area contributed by atoms with E-state index in [0.717, 1.165) is 6.54 Å². The number of methoxy groups -OCH3 is 1. The Morgan fingerprint density at radius 2 is 2.25 bits per heavy atom. The molecule has 2 rings (SSSR count). The molecular formula is C12H14N2O2. The average molecular weight is 218 g/mol. The van der Waals surface area contributed by atoms with Crippen molar-refractivity contribution < 1.29 is 9.53 Å². The molecule has 0 amide bonds. The van der Waals surface area contributed by atoms with Crippen LogP contribution in [0.4, 0.5) is 0 Å². The van der Waals surface area contributed by atoms with Crippen LogP contribution in [0.5, 0.6) is 0 Å². The number of nitrogens with zero attached hydrogens (tertiary/aromatic N) is 2. The number of aliphatic imine (C=N–C) groups is 1. The summed E-state index contributed by atoms with van der Waals surface area (Å²) in [4.78, 5) is 17.4. The predicted molar refractivity (Wildman–Crippen MR) is 61.1 cm³/mol. The summed E-state index contributed by atoms with van der Waals surface area (Å²) in [5, 5.41) is 0. The van der Waals surface area contributed by atoms with Crippen LogP contribution in [0.2, 0.25) is 0 Å². The molecule has 1 heterocycles. The van der Waals surface area contributed by atoms with Gasteiger partial charge in [0, 0.05) is 6.54 Å². The highest BCUT2D eigenvalue weighted by Crippen LogP contribution is 2.10. The molecular weight excluding hydrogens is 204 g/mol. The lowest BCUT2D eigenvalue weighted by Gasteiger charge is -2.15. The van der Waals surface area contributed by atoms with Crippen LogP contribution in [0.15, 0.2) is 35.3 Å². The highest BCUT2D eigenvalue weighted by Gasteiger charge is 2.24. The highest BCUT2D eigenvalue weighted by molar-refractivity contribution is 5.80. The summed E-state index contributed by atoms with van der Waals surface area (Å²) < 4.78 is 4.65. The van der Waals surface area contributed by atoms with E-state index >= 15 is 0 Å². The molecule has 0 saturated carbocycles. The summed E-state index contributed by atoms with van der Waals surface area (Å²) in [5.41, 5.74) is 1.21. The number of rotatable bonds is 3. The Labute approximate surface area is 94.5 Å². The smallest absolute Gasteiger partial charge is 0.332 e. The van der Waals surface area contributed by atoms with Crippen LogP contribution in [0.1, 0.15) is 5.56 Å². The van der Waals surface area contributed by atoms with Gasteiger partial charge in [0.25, 0.3) is 0 Å². The molecule has 0 aromatic heterocycles. The molecule has 0 aliphatic carbocycles. The summed E-state index contributed by atoms with van der Waals surface area (Å²) in [6, 6.07) is 9.73. The van der Waals surface area contributed by atoms with Crippen LogP contribution >= 0.6 is 0 Å². The zero-order valence-corrected chi connectivity index (χ0v) is 9.17. The molecule has 0 bridgehead atoms. The fraction of sp³-hybridized carbons (Fsp3) is 0.333. The van der Waals surface area contributed by atoms with Crippen molar-refractivity contribution in [2.45, 2.75) is 12.6 Å². The van der Waals surface area contributed by atoms with E-state index in [1.807, 2.05) is 23.1 Å². The fourth-order valence-electron chi connectivity index (χ4n) is 1.69. The van der Waals surface area contributed by atoms with Gasteiger partial charge in [-0.2, -0.15) is 0 Å². The Balaban J connectivity index is 1.91. The molecule has 0 spiro atoms. The second kappa shape index (κ2) is 4.79. The highest BCUT2D eigenvalue weighted by atomic mass is 16.5. The number of hydrogen-bond acceptors (Lipinski definition) is 4. The van der Waals surface area contributed by atoms with Gasteiger partial charge in [-0.05, 0) is 5.56 Å². The van der Waals surface area contributed by atoms with Gasteiger partial charge in [0.15, 0.2) is 6.04 Å². The lowest BCUT2D eigenvalue weighted by Crippen LogP contribution is -2.28. The lowest BCUT2D eigenvalue weighted by atomic mass is 10.2. The van der Waals surface area contributed by atoms with Gasteiger partial charge in [0.2, 0.25) is 0 Å². The molecule has 1 aliphatic rings. The summed E-state index contributed by atoms with van der Waals surface area (Å²) in [6.07, 6.45) is 1.72. The van der Waals surface area contributed by atoms with Gasteiger partial charge >= 0.3 is 5.97 Å². The van der Waals surface area contributed by atoms with E-state index in [0.29, 0.717) is 6.54 Å². The Bertz CT molecular complexity index is 389. The first-order chi connectivity index (χ1) is 7.79. The van der Waals surface area contributed by atoms with Crippen molar-refractivity contribution in [1.82, 2.24) is 4.90 Å². The first-order valence-electron chi connectivity index (χ1n) is 5.18. The normalized spacial score (nSPS) is 18.8. The van der Waals surface area contributed by atoms with E-state index in [9.17, 15) is 4.79 Å². The molecule has 1 atom stereocenters. The minimum absolute atomic E-state index is 0.271. The van der Waals surface area contributed by atoms with E-state index in [1.54, 1.807) is 6.34 Å². The first kappa shape index (κ1) is 10.7. The number of benzene rings is 1. The van der Waals surface area contributed by atoms with Gasteiger partial charge in [-0.3, -0.25) is 4.99 Å². The molecule has 1 aromatic carbocycles. The third kappa shape index (κ3) is 2.39. The van der Waals surface area contributed by atoms with Gasteiger partial charge in [-0.25, -0.2) is 4.79 Å². The van der Waals surface area contributed by atoms with Crippen molar-refractivity contribution in [3.05, 3.63) is 35.9 Å². The molecule has 0 saturated heterocycles. The Morgan fingerprint density at radius 1 is 1.50 bits per heavy atom. The maximum Gasteiger partial charge on any atom is 0.332 e. The van der Waals surface area contributed by atoms with Crippen LogP contribution in [0.3, 0.4) is 0 Å². The molecule has 0 N–H and O–H groups in total. The standard InChI is InChI=1S/C12H14N2O2/c1-16-12(15)11-8-14(9-13-11)7-10-5-3-2-4-6-10/h2-6,9,11H,7-8H2,1H3. The molecule has 4 heteroatoms. The largest absolute Gasteiger partial charge is 0.467 e. The van der Waals surface area contributed by atoms with Crippen LogP contribution in [0.25, 0.3) is 0 Å². The summed E-state index contributed by atoms with van der Waals surface area (Å²) in [5.74, 6) is -0.271. The van der Waals surface area contributed by atoms with Crippen molar-refractivity contribution in [2.24, 2.45) is 4.99 Å². The lowest BCUT2D eigenvalue weighted by molar-refractivity contribution is -0.141. The van der Waals surface area contributed by atoms with E-state index < -0.39 is 0 Å². The third-order valence-electron chi connectivity index (χ3n) is 2.52. The van der Waals surface area contributed by atoms with E-state index in [-0.39, 0.29) is 12.0 Å². The number of carbonyl (C=O) groups excluding carboxylic acids is 1.